The SMILES string of the molecule is O=C(CSCc1nc(-c2cccc(Cl)c2)no1)NCc1cccs1. The molecule has 2 heterocycles. The van der Waals surface area contributed by atoms with Crippen LogP contribution >= 0.6 is 34.7 Å². The molecule has 1 aromatic carbocycles. The van der Waals surface area contributed by atoms with E-state index in [-0.39, 0.29) is 5.91 Å². The molecule has 0 unspecified atom stereocenters. The molecule has 0 atom stereocenters. The summed E-state index contributed by atoms with van der Waals surface area (Å²) in [6.07, 6.45) is 0. The maximum atomic E-state index is 11.8. The van der Waals surface area contributed by atoms with Gasteiger partial charge in [-0.05, 0) is 23.6 Å². The zero-order chi connectivity index (χ0) is 16.8. The van der Waals surface area contributed by atoms with E-state index in [0.29, 0.717) is 34.8 Å². The first-order chi connectivity index (χ1) is 11.7. The average Bonchev–Trinajstić information content (AvgIpc) is 3.25. The minimum atomic E-state index is -0.0111. The first-order valence-corrected chi connectivity index (χ1v) is 9.57. The van der Waals surface area contributed by atoms with Crippen molar-refractivity contribution in [3.8, 4) is 11.4 Å². The van der Waals surface area contributed by atoms with Gasteiger partial charge in [-0.2, -0.15) is 4.98 Å². The lowest BCUT2D eigenvalue weighted by Crippen LogP contribution is -2.24. The number of nitrogens with one attached hydrogen (secondary N) is 1. The van der Waals surface area contributed by atoms with Crippen molar-refractivity contribution < 1.29 is 9.32 Å². The van der Waals surface area contributed by atoms with Gasteiger partial charge < -0.3 is 9.84 Å². The number of carbonyl (C=O) groups is 1. The highest BCUT2D eigenvalue weighted by Crippen LogP contribution is 2.21. The molecule has 0 spiro atoms. The Morgan fingerprint density at radius 1 is 1.33 bits per heavy atom. The summed E-state index contributed by atoms with van der Waals surface area (Å²) >= 11 is 9.01. The highest BCUT2D eigenvalue weighted by atomic mass is 35.5. The van der Waals surface area contributed by atoms with Gasteiger partial charge in [0.2, 0.25) is 17.6 Å². The quantitative estimate of drug-likeness (QED) is 0.672. The van der Waals surface area contributed by atoms with Crippen molar-refractivity contribution in [3.63, 3.8) is 0 Å². The minimum absolute atomic E-state index is 0.0111. The second-order valence-electron chi connectivity index (χ2n) is 4.87. The third-order valence-electron chi connectivity index (χ3n) is 3.05. The molecule has 0 aliphatic carbocycles. The molecular weight excluding hydrogens is 366 g/mol. The Hall–Kier alpha value is -1.83. The fourth-order valence-electron chi connectivity index (χ4n) is 1.94. The number of halogens is 1. The molecule has 1 amide bonds. The number of rotatable bonds is 7. The van der Waals surface area contributed by atoms with Gasteiger partial charge >= 0.3 is 0 Å². The highest BCUT2D eigenvalue weighted by Gasteiger charge is 2.10. The summed E-state index contributed by atoms with van der Waals surface area (Å²) in [7, 11) is 0. The summed E-state index contributed by atoms with van der Waals surface area (Å²) in [6, 6.07) is 11.2. The van der Waals surface area contributed by atoms with Crippen molar-refractivity contribution in [3.05, 3.63) is 57.6 Å². The second-order valence-corrected chi connectivity index (χ2v) is 7.33. The number of thioether (sulfide) groups is 1. The van der Waals surface area contributed by atoms with E-state index in [2.05, 4.69) is 15.5 Å². The Labute approximate surface area is 152 Å². The Kier molecular flexibility index (Phi) is 5.90. The van der Waals surface area contributed by atoms with Crippen LogP contribution in [-0.2, 0) is 17.1 Å². The molecule has 0 aliphatic rings. The van der Waals surface area contributed by atoms with Crippen molar-refractivity contribution in [1.82, 2.24) is 15.5 Å². The number of thiophene rings is 1. The summed E-state index contributed by atoms with van der Waals surface area (Å²) < 4.78 is 5.20. The van der Waals surface area contributed by atoms with Crippen molar-refractivity contribution in [2.24, 2.45) is 0 Å². The van der Waals surface area contributed by atoms with Gasteiger partial charge in [-0.1, -0.05) is 35.0 Å². The fraction of sp³-hybridized carbons (Fsp3) is 0.188. The highest BCUT2D eigenvalue weighted by molar-refractivity contribution is 7.99. The van der Waals surface area contributed by atoms with Crippen LogP contribution in [0.25, 0.3) is 11.4 Å². The van der Waals surface area contributed by atoms with Crippen molar-refractivity contribution in [2.45, 2.75) is 12.3 Å². The molecule has 0 fully saturated rings. The summed E-state index contributed by atoms with van der Waals surface area (Å²) in [5.41, 5.74) is 0.802. The molecule has 5 nitrogen and oxygen atoms in total. The van der Waals surface area contributed by atoms with Crippen LogP contribution in [0.1, 0.15) is 10.8 Å². The summed E-state index contributed by atoms with van der Waals surface area (Å²) in [5.74, 6) is 1.81. The molecule has 124 valence electrons. The number of benzene rings is 1. The predicted molar refractivity (Wildman–Crippen MR) is 97.1 cm³/mol. The number of nitrogens with zero attached hydrogens (tertiary/aromatic N) is 2. The molecular formula is C16H14ClN3O2S2. The van der Waals surface area contributed by atoms with Crippen LogP contribution in [0, 0.1) is 0 Å². The Morgan fingerprint density at radius 2 is 2.25 bits per heavy atom. The topological polar surface area (TPSA) is 68.0 Å². The number of aromatic nitrogens is 2. The van der Waals surface area contributed by atoms with Crippen LogP contribution in [0.3, 0.4) is 0 Å². The first kappa shape index (κ1) is 17.0. The minimum Gasteiger partial charge on any atom is -0.350 e. The van der Waals surface area contributed by atoms with E-state index in [4.69, 9.17) is 16.1 Å². The molecule has 0 radical (unpaired) electrons. The maximum Gasteiger partial charge on any atom is 0.236 e. The molecule has 8 heteroatoms. The lowest BCUT2D eigenvalue weighted by atomic mass is 10.2. The van der Waals surface area contributed by atoms with Gasteiger partial charge in [0.05, 0.1) is 18.1 Å². The summed E-state index contributed by atoms with van der Waals surface area (Å²) in [5, 5.41) is 9.43. The largest absolute Gasteiger partial charge is 0.350 e. The lowest BCUT2D eigenvalue weighted by Gasteiger charge is -2.02. The van der Waals surface area contributed by atoms with E-state index in [1.807, 2.05) is 29.6 Å². The molecule has 1 N–H and O–H groups in total. The van der Waals surface area contributed by atoms with Gasteiger partial charge in [0.1, 0.15) is 0 Å². The van der Waals surface area contributed by atoms with E-state index >= 15 is 0 Å². The molecule has 3 aromatic rings. The van der Waals surface area contributed by atoms with Crippen LogP contribution in [0.5, 0.6) is 0 Å². The van der Waals surface area contributed by atoms with Gasteiger partial charge in [-0.15, -0.1) is 23.1 Å². The normalized spacial score (nSPS) is 10.7. The van der Waals surface area contributed by atoms with Gasteiger partial charge in [0.15, 0.2) is 0 Å². The second kappa shape index (κ2) is 8.32. The molecule has 3 rings (SSSR count). The monoisotopic (exact) mass is 379 g/mol. The zero-order valence-electron chi connectivity index (χ0n) is 12.6. The smallest absolute Gasteiger partial charge is 0.236 e. The van der Waals surface area contributed by atoms with Crippen LogP contribution in [0.2, 0.25) is 5.02 Å². The van der Waals surface area contributed by atoms with E-state index in [1.165, 1.54) is 11.8 Å². The standard InChI is InChI=1S/C16H14ClN3O2S2/c17-12-4-1-3-11(7-12)16-19-15(22-20-16)10-23-9-14(21)18-8-13-5-2-6-24-13/h1-7H,8-10H2,(H,18,21). The zero-order valence-corrected chi connectivity index (χ0v) is 15.0. The van der Waals surface area contributed by atoms with Crippen LogP contribution < -0.4 is 5.32 Å². The Balaban J connectivity index is 1.44. The van der Waals surface area contributed by atoms with Gasteiger partial charge in [-0.3, -0.25) is 4.79 Å². The van der Waals surface area contributed by atoms with E-state index in [9.17, 15) is 4.79 Å². The van der Waals surface area contributed by atoms with Gasteiger partial charge in [0, 0.05) is 15.5 Å². The van der Waals surface area contributed by atoms with Gasteiger partial charge in [-0.25, -0.2) is 0 Å². The molecule has 0 aliphatic heterocycles. The average molecular weight is 380 g/mol. The molecule has 0 bridgehead atoms. The van der Waals surface area contributed by atoms with Crippen LogP contribution in [-0.4, -0.2) is 21.8 Å². The van der Waals surface area contributed by atoms with Gasteiger partial charge in [0.25, 0.3) is 0 Å². The number of hydrogen-bond donors (Lipinski definition) is 1. The lowest BCUT2D eigenvalue weighted by molar-refractivity contribution is -0.118. The predicted octanol–water partition coefficient (Wildman–Crippen LogP) is 4.00. The maximum absolute atomic E-state index is 11.8. The Morgan fingerprint density at radius 3 is 3.04 bits per heavy atom. The first-order valence-electron chi connectivity index (χ1n) is 7.16. The number of amides is 1. The molecule has 0 saturated carbocycles. The van der Waals surface area contributed by atoms with Crippen LogP contribution in [0.4, 0.5) is 0 Å². The molecule has 0 saturated heterocycles. The third-order valence-corrected chi connectivity index (χ3v) is 5.08. The fourth-order valence-corrected chi connectivity index (χ4v) is 3.46. The van der Waals surface area contributed by atoms with E-state index < -0.39 is 0 Å². The number of carbonyl (C=O) groups excluding carboxylic acids is 1. The van der Waals surface area contributed by atoms with E-state index in [0.717, 1.165) is 10.4 Å². The van der Waals surface area contributed by atoms with Crippen molar-refractivity contribution in [2.75, 3.05) is 5.75 Å². The third kappa shape index (κ3) is 4.83. The van der Waals surface area contributed by atoms with Crippen molar-refractivity contribution in [1.29, 1.82) is 0 Å². The summed E-state index contributed by atoms with van der Waals surface area (Å²) in [4.78, 5) is 17.2. The van der Waals surface area contributed by atoms with E-state index in [1.54, 1.807) is 23.5 Å². The van der Waals surface area contributed by atoms with Crippen LogP contribution in [0.15, 0.2) is 46.3 Å². The summed E-state index contributed by atoms with van der Waals surface area (Å²) in [6.45, 7) is 0.566. The number of hydrogen-bond acceptors (Lipinski definition) is 6. The molecule has 24 heavy (non-hydrogen) atoms. The molecule has 2 aromatic heterocycles. The van der Waals surface area contributed by atoms with Crippen molar-refractivity contribution >= 4 is 40.6 Å². The Bertz CT molecular complexity index is 805.